The van der Waals surface area contributed by atoms with Crippen LogP contribution in [0.4, 0.5) is 17.6 Å². The molecule has 49 heavy (non-hydrogen) atoms. The monoisotopic (exact) mass is 688 g/mol. The topological polar surface area (TPSA) is 87.6 Å². The smallest absolute Gasteiger partial charge is 0.425 e. The number of carbonyl (C=O) groups is 2. The quantitative estimate of drug-likeness (QED) is 0.0449. The van der Waals surface area contributed by atoms with Gasteiger partial charge in [-0.15, -0.1) is 0 Å². The highest BCUT2D eigenvalue weighted by Gasteiger charge is 2.42. The number of benzene rings is 2. The lowest BCUT2D eigenvalue weighted by atomic mass is 10.1. The minimum absolute atomic E-state index is 0.111. The standard InChI is InChI=1S/C38H48F4N2O5/c1-3-5-7-9-11-12-14-16-24-47-31-26-43-35(44-27-31)28-18-20-29(21-19-28)36(45)48-33-23-22-30(25-32(33)39)37(46)49-34(38(40,41)42)17-15-13-10-8-6-4-2/h18-23,25-27,34H,3-17,24H2,1-2H3. The normalized spacial score (nSPS) is 12.0. The van der Waals surface area contributed by atoms with Crippen molar-refractivity contribution >= 4 is 11.9 Å². The van der Waals surface area contributed by atoms with Gasteiger partial charge in [-0.1, -0.05) is 103 Å². The van der Waals surface area contributed by atoms with Crippen LogP contribution in [0.15, 0.2) is 54.9 Å². The molecule has 0 bridgehead atoms. The number of alkyl halides is 3. The molecule has 1 unspecified atom stereocenters. The molecule has 11 heteroatoms. The minimum Gasteiger partial charge on any atom is -0.490 e. The van der Waals surface area contributed by atoms with Crippen LogP contribution in [0.3, 0.4) is 0 Å². The fraction of sp³-hybridized carbons (Fsp3) is 0.526. The molecule has 7 nitrogen and oxygen atoms in total. The SMILES string of the molecule is CCCCCCCCCCOc1cnc(-c2ccc(C(=O)Oc3ccc(C(=O)OC(CCCCCCCC)C(F)(F)F)cc3F)cc2)nc1. The Morgan fingerprint density at radius 1 is 0.714 bits per heavy atom. The van der Waals surface area contributed by atoms with Crippen LogP contribution in [0.25, 0.3) is 11.4 Å². The highest BCUT2D eigenvalue weighted by Crippen LogP contribution is 2.29. The number of nitrogens with zero attached hydrogens (tertiary/aromatic N) is 2. The third kappa shape index (κ3) is 14.2. The van der Waals surface area contributed by atoms with Crippen LogP contribution in [0.2, 0.25) is 0 Å². The Kier molecular flexibility index (Phi) is 17.0. The van der Waals surface area contributed by atoms with Gasteiger partial charge in [0, 0.05) is 5.56 Å². The van der Waals surface area contributed by atoms with Gasteiger partial charge in [0.15, 0.2) is 29.2 Å². The summed E-state index contributed by atoms with van der Waals surface area (Å²) < 4.78 is 70.9. The number of esters is 2. The van der Waals surface area contributed by atoms with E-state index in [-0.39, 0.29) is 18.4 Å². The van der Waals surface area contributed by atoms with E-state index in [0.29, 0.717) is 36.2 Å². The molecule has 1 atom stereocenters. The second-order valence-corrected chi connectivity index (χ2v) is 12.2. The van der Waals surface area contributed by atoms with Gasteiger partial charge in [-0.3, -0.25) is 0 Å². The summed E-state index contributed by atoms with van der Waals surface area (Å²) in [6.07, 6.45) is 10.1. The zero-order chi connectivity index (χ0) is 35.5. The summed E-state index contributed by atoms with van der Waals surface area (Å²) in [5.74, 6) is -2.78. The van der Waals surface area contributed by atoms with Crippen LogP contribution in [-0.2, 0) is 4.74 Å². The number of halogens is 4. The Hall–Kier alpha value is -4.02. The highest BCUT2D eigenvalue weighted by molar-refractivity contribution is 5.92. The van der Waals surface area contributed by atoms with Crippen LogP contribution in [-0.4, -0.2) is 40.8 Å². The van der Waals surface area contributed by atoms with E-state index < -0.39 is 41.3 Å². The number of unbranched alkanes of at least 4 members (excludes halogenated alkanes) is 12. The molecule has 0 radical (unpaired) electrons. The van der Waals surface area contributed by atoms with E-state index >= 15 is 0 Å². The zero-order valence-electron chi connectivity index (χ0n) is 28.5. The van der Waals surface area contributed by atoms with Crippen LogP contribution >= 0.6 is 0 Å². The molecule has 0 aliphatic rings. The maximum atomic E-state index is 14.8. The average Bonchev–Trinajstić information content (AvgIpc) is 3.09. The molecule has 0 N–H and O–H groups in total. The van der Waals surface area contributed by atoms with Crippen molar-refractivity contribution in [2.75, 3.05) is 6.61 Å². The molecular weight excluding hydrogens is 640 g/mol. The first kappa shape index (κ1) is 39.4. The van der Waals surface area contributed by atoms with Gasteiger partial charge < -0.3 is 14.2 Å². The van der Waals surface area contributed by atoms with Gasteiger partial charge in [-0.05, 0) is 49.6 Å². The minimum atomic E-state index is -4.75. The molecule has 0 fully saturated rings. The summed E-state index contributed by atoms with van der Waals surface area (Å²) in [5, 5.41) is 0. The molecule has 1 aromatic heterocycles. The van der Waals surface area contributed by atoms with E-state index in [1.165, 1.54) is 50.7 Å². The molecule has 1 heterocycles. The zero-order valence-corrected chi connectivity index (χ0v) is 28.5. The molecule has 0 saturated carbocycles. The predicted molar refractivity (Wildman–Crippen MR) is 180 cm³/mol. The van der Waals surface area contributed by atoms with Gasteiger partial charge in [0.2, 0.25) is 0 Å². The van der Waals surface area contributed by atoms with E-state index in [0.717, 1.165) is 50.7 Å². The number of hydrogen-bond acceptors (Lipinski definition) is 7. The summed E-state index contributed by atoms with van der Waals surface area (Å²) >= 11 is 0. The van der Waals surface area contributed by atoms with Crippen molar-refractivity contribution in [2.45, 2.75) is 122 Å². The summed E-state index contributed by atoms with van der Waals surface area (Å²) in [7, 11) is 0. The Labute approximate surface area is 286 Å². The Balaban J connectivity index is 1.48. The molecule has 0 aliphatic carbocycles. The van der Waals surface area contributed by atoms with Crippen molar-refractivity contribution in [3.63, 3.8) is 0 Å². The first-order chi connectivity index (χ1) is 23.6. The molecule has 2 aromatic carbocycles. The van der Waals surface area contributed by atoms with Gasteiger partial charge >= 0.3 is 18.1 Å². The van der Waals surface area contributed by atoms with Crippen molar-refractivity contribution in [3.8, 4) is 22.9 Å². The van der Waals surface area contributed by atoms with Crippen molar-refractivity contribution in [3.05, 3.63) is 71.8 Å². The molecule has 0 aliphatic heterocycles. The Bertz CT molecular complexity index is 1420. The van der Waals surface area contributed by atoms with E-state index in [1.54, 1.807) is 24.5 Å². The second kappa shape index (κ2) is 21.1. The molecule has 0 spiro atoms. The van der Waals surface area contributed by atoms with E-state index in [4.69, 9.17) is 14.2 Å². The van der Waals surface area contributed by atoms with Crippen LogP contribution in [0, 0.1) is 5.82 Å². The second-order valence-electron chi connectivity index (χ2n) is 12.2. The Morgan fingerprint density at radius 3 is 1.84 bits per heavy atom. The largest absolute Gasteiger partial charge is 0.490 e. The summed E-state index contributed by atoms with van der Waals surface area (Å²) in [4.78, 5) is 33.8. The molecule has 268 valence electrons. The van der Waals surface area contributed by atoms with Crippen molar-refractivity contribution in [1.29, 1.82) is 0 Å². The molecule has 3 aromatic rings. The van der Waals surface area contributed by atoms with E-state index in [9.17, 15) is 27.2 Å². The van der Waals surface area contributed by atoms with E-state index in [1.807, 2.05) is 6.92 Å². The first-order valence-electron chi connectivity index (χ1n) is 17.5. The molecule has 3 rings (SSSR count). The number of hydrogen-bond donors (Lipinski definition) is 0. The molecule has 0 amide bonds. The highest BCUT2D eigenvalue weighted by atomic mass is 19.4. The third-order valence-electron chi connectivity index (χ3n) is 8.08. The van der Waals surface area contributed by atoms with Crippen molar-refractivity contribution in [2.24, 2.45) is 0 Å². The third-order valence-corrected chi connectivity index (χ3v) is 8.08. The van der Waals surface area contributed by atoms with Crippen LogP contribution in [0.1, 0.15) is 131 Å². The number of carbonyl (C=O) groups excluding carboxylic acids is 2. The van der Waals surface area contributed by atoms with Gasteiger partial charge in [0.1, 0.15) is 0 Å². The predicted octanol–water partition coefficient (Wildman–Crippen LogP) is 10.9. The lowest BCUT2D eigenvalue weighted by molar-refractivity contribution is -0.206. The average molecular weight is 689 g/mol. The Morgan fingerprint density at radius 2 is 1.27 bits per heavy atom. The van der Waals surface area contributed by atoms with Gasteiger partial charge in [0.25, 0.3) is 0 Å². The maximum Gasteiger partial charge on any atom is 0.425 e. The fourth-order valence-corrected chi connectivity index (χ4v) is 5.19. The number of rotatable bonds is 22. The van der Waals surface area contributed by atoms with Crippen molar-refractivity contribution in [1.82, 2.24) is 9.97 Å². The van der Waals surface area contributed by atoms with Gasteiger partial charge in [0.05, 0.1) is 30.1 Å². The fourth-order valence-electron chi connectivity index (χ4n) is 5.19. The summed E-state index contributed by atoms with van der Waals surface area (Å²) in [6, 6.07) is 8.91. The first-order valence-corrected chi connectivity index (χ1v) is 17.5. The van der Waals surface area contributed by atoms with Crippen LogP contribution in [0.5, 0.6) is 11.5 Å². The van der Waals surface area contributed by atoms with Crippen LogP contribution < -0.4 is 9.47 Å². The van der Waals surface area contributed by atoms with E-state index in [2.05, 4.69) is 16.9 Å². The molecule has 0 saturated heterocycles. The summed E-state index contributed by atoms with van der Waals surface area (Å²) in [6.45, 7) is 4.85. The molecular formula is C38H48F4N2O5. The number of aromatic nitrogens is 2. The maximum absolute atomic E-state index is 14.8. The lowest BCUT2D eigenvalue weighted by Gasteiger charge is -2.20. The van der Waals surface area contributed by atoms with Gasteiger partial charge in [-0.25, -0.2) is 23.9 Å². The summed E-state index contributed by atoms with van der Waals surface area (Å²) in [5.41, 5.74) is 0.317. The van der Waals surface area contributed by atoms with Gasteiger partial charge in [-0.2, -0.15) is 13.2 Å². The number of ether oxygens (including phenoxy) is 3. The lowest BCUT2D eigenvalue weighted by Crippen LogP contribution is -2.34. The van der Waals surface area contributed by atoms with Crippen molar-refractivity contribution < 1.29 is 41.4 Å².